The smallest absolute Gasteiger partial charge is 0.251 e. The molecule has 1 aromatic heterocycles. The molecule has 11 nitrogen and oxygen atoms in total. The summed E-state index contributed by atoms with van der Waals surface area (Å²) in [7, 11) is 3.32. The number of amides is 2. The second-order valence-electron chi connectivity index (χ2n) is 11.4. The second-order valence-corrected chi connectivity index (χ2v) is 11.4. The quantitative estimate of drug-likeness (QED) is 0.284. The molecule has 1 saturated heterocycles. The number of carbonyl (C=O) groups is 2. The van der Waals surface area contributed by atoms with E-state index < -0.39 is 6.04 Å². The highest BCUT2D eigenvalue weighted by Gasteiger charge is 2.37. The Bertz CT molecular complexity index is 1430. The first-order valence-corrected chi connectivity index (χ1v) is 15.6. The van der Waals surface area contributed by atoms with Gasteiger partial charge in [0.05, 0.1) is 19.0 Å². The summed E-state index contributed by atoms with van der Waals surface area (Å²) in [6.07, 6.45) is 5.27. The molecule has 1 unspecified atom stereocenters. The van der Waals surface area contributed by atoms with Gasteiger partial charge in [0.25, 0.3) is 11.8 Å². The molecule has 1 fully saturated rings. The van der Waals surface area contributed by atoms with Gasteiger partial charge in [-0.15, -0.1) is 0 Å². The van der Waals surface area contributed by atoms with E-state index in [-0.39, 0.29) is 11.8 Å². The van der Waals surface area contributed by atoms with Gasteiger partial charge in [0, 0.05) is 25.7 Å². The van der Waals surface area contributed by atoms with Crippen LogP contribution < -0.4 is 30.7 Å². The number of rotatable bonds is 12. The summed E-state index contributed by atoms with van der Waals surface area (Å²) in [6, 6.07) is 15.1. The van der Waals surface area contributed by atoms with Crippen molar-refractivity contribution in [1.82, 2.24) is 25.6 Å². The fourth-order valence-electron chi connectivity index (χ4n) is 5.85. The number of fused-ring (bicyclic) bond motifs is 1. The van der Waals surface area contributed by atoms with Gasteiger partial charge in [-0.2, -0.15) is 4.98 Å². The molecular weight excluding hydrogens is 556 g/mol. The van der Waals surface area contributed by atoms with Crippen molar-refractivity contribution >= 4 is 35.0 Å². The largest absolute Gasteiger partial charge is 0.495 e. The van der Waals surface area contributed by atoms with Crippen molar-refractivity contribution in [3.63, 3.8) is 0 Å². The standard InChI is InChI=1S/C33H44N8O3/c1-5-27-32(43)39(3)28-22-35-33(38-30(28)41(27)36-17-14-23-10-8-7-9-11-23)37-26-13-12-25(20-29(26)44-4)31(42)34-21-24-15-18-40(6-2)19-16-24/h7-13,20,22,24,27,36H,5-6,14-19,21H2,1-4H3,(H,34,42)(H,35,37,38). The number of likely N-dealkylation sites (N-methyl/N-ethyl adjacent to an activating group) is 1. The van der Waals surface area contributed by atoms with E-state index in [1.54, 1.807) is 43.5 Å². The van der Waals surface area contributed by atoms with Crippen molar-refractivity contribution < 1.29 is 14.3 Å². The number of hydrazine groups is 1. The molecule has 3 aromatic rings. The monoisotopic (exact) mass is 600 g/mol. The molecule has 3 N–H and O–H groups in total. The van der Waals surface area contributed by atoms with Crippen LogP contribution in [0.3, 0.4) is 0 Å². The van der Waals surface area contributed by atoms with Crippen molar-refractivity contribution in [2.45, 2.75) is 45.6 Å². The lowest BCUT2D eigenvalue weighted by Crippen LogP contribution is -2.58. The normalized spacial score (nSPS) is 17.4. The van der Waals surface area contributed by atoms with Crippen molar-refractivity contribution in [1.29, 1.82) is 0 Å². The van der Waals surface area contributed by atoms with Crippen LogP contribution in [0.25, 0.3) is 0 Å². The van der Waals surface area contributed by atoms with Crippen LogP contribution in [0.2, 0.25) is 0 Å². The Morgan fingerprint density at radius 1 is 1.09 bits per heavy atom. The van der Waals surface area contributed by atoms with Gasteiger partial charge in [0.1, 0.15) is 17.5 Å². The lowest BCUT2D eigenvalue weighted by Gasteiger charge is -2.40. The van der Waals surface area contributed by atoms with E-state index >= 15 is 0 Å². The van der Waals surface area contributed by atoms with E-state index in [1.165, 1.54) is 5.56 Å². The van der Waals surface area contributed by atoms with Crippen LogP contribution in [0.5, 0.6) is 5.75 Å². The lowest BCUT2D eigenvalue weighted by molar-refractivity contribution is -0.120. The number of nitrogens with one attached hydrogen (secondary N) is 3. The van der Waals surface area contributed by atoms with E-state index in [4.69, 9.17) is 9.72 Å². The molecule has 44 heavy (non-hydrogen) atoms. The van der Waals surface area contributed by atoms with Gasteiger partial charge in [-0.25, -0.2) is 10.4 Å². The summed E-state index contributed by atoms with van der Waals surface area (Å²) in [4.78, 5) is 39.6. The Labute approximate surface area is 260 Å². The molecule has 0 spiro atoms. The van der Waals surface area contributed by atoms with Gasteiger partial charge in [-0.05, 0) is 75.0 Å². The third-order valence-corrected chi connectivity index (χ3v) is 8.61. The zero-order chi connectivity index (χ0) is 31.1. The molecule has 234 valence electrons. The highest BCUT2D eigenvalue weighted by Crippen LogP contribution is 2.35. The van der Waals surface area contributed by atoms with E-state index in [1.807, 2.05) is 30.1 Å². The molecule has 1 atom stereocenters. The number of likely N-dealkylation sites (tertiary alicyclic amines) is 1. The van der Waals surface area contributed by atoms with Crippen molar-refractivity contribution in [2.75, 3.05) is 62.1 Å². The van der Waals surface area contributed by atoms with Gasteiger partial charge in [0.15, 0.2) is 5.82 Å². The van der Waals surface area contributed by atoms with Gasteiger partial charge in [0.2, 0.25) is 5.95 Å². The van der Waals surface area contributed by atoms with E-state index in [9.17, 15) is 9.59 Å². The number of hydrogen-bond donors (Lipinski definition) is 3. The van der Waals surface area contributed by atoms with Crippen LogP contribution >= 0.6 is 0 Å². The Hall–Kier alpha value is -4.22. The number of ether oxygens (including phenoxy) is 1. The maximum atomic E-state index is 13.2. The Morgan fingerprint density at radius 2 is 1.86 bits per heavy atom. The number of anilines is 4. The molecule has 2 aromatic carbocycles. The molecule has 2 aliphatic heterocycles. The molecule has 3 heterocycles. The number of aromatic nitrogens is 2. The minimum Gasteiger partial charge on any atom is -0.495 e. The van der Waals surface area contributed by atoms with Crippen LogP contribution in [-0.4, -0.2) is 79.6 Å². The van der Waals surface area contributed by atoms with Crippen molar-refractivity contribution in [2.24, 2.45) is 5.92 Å². The summed E-state index contributed by atoms with van der Waals surface area (Å²) in [5.41, 5.74) is 6.44. The fourth-order valence-corrected chi connectivity index (χ4v) is 5.85. The maximum Gasteiger partial charge on any atom is 0.251 e. The summed E-state index contributed by atoms with van der Waals surface area (Å²) in [6.45, 7) is 8.74. The molecule has 5 rings (SSSR count). The first-order valence-electron chi connectivity index (χ1n) is 15.6. The zero-order valence-electron chi connectivity index (χ0n) is 26.2. The third-order valence-electron chi connectivity index (χ3n) is 8.61. The van der Waals surface area contributed by atoms with Gasteiger partial charge in [-0.3, -0.25) is 14.6 Å². The maximum absolute atomic E-state index is 13.2. The van der Waals surface area contributed by atoms with E-state index in [0.717, 1.165) is 38.9 Å². The SMILES string of the molecule is CCC1C(=O)N(C)c2cnc(Nc3ccc(C(=O)NCC4CCN(CC)CC4)cc3OC)nc2N1NCCc1ccccc1. The second kappa shape index (κ2) is 14.5. The molecule has 0 bridgehead atoms. The first kappa shape index (κ1) is 31.2. The predicted octanol–water partition coefficient (Wildman–Crippen LogP) is 4.00. The van der Waals surface area contributed by atoms with E-state index in [0.29, 0.717) is 59.9 Å². The van der Waals surface area contributed by atoms with Crippen LogP contribution in [0.4, 0.5) is 23.1 Å². The summed E-state index contributed by atoms with van der Waals surface area (Å²) in [5, 5.41) is 8.22. The highest BCUT2D eigenvalue weighted by molar-refractivity contribution is 6.04. The fraction of sp³-hybridized carbons (Fsp3) is 0.455. The Kier molecular flexibility index (Phi) is 10.3. The van der Waals surface area contributed by atoms with Gasteiger partial charge < -0.3 is 25.2 Å². The van der Waals surface area contributed by atoms with Crippen LogP contribution in [0.1, 0.15) is 49.0 Å². The highest BCUT2D eigenvalue weighted by atomic mass is 16.5. The molecule has 0 radical (unpaired) electrons. The lowest BCUT2D eigenvalue weighted by atomic mass is 9.96. The van der Waals surface area contributed by atoms with Crippen molar-refractivity contribution in [3.8, 4) is 5.75 Å². The average Bonchev–Trinajstić information content (AvgIpc) is 3.06. The number of carbonyl (C=O) groups excluding carboxylic acids is 2. The van der Waals surface area contributed by atoms with Crippen LogP contribution in [0.15, 0.2) is 54.7 Å². The molecule has 0 saturated carbocycles. The van der Waals surface area contributed by atoms with Crippen molar-refractivity contribution in [3.05, 3.63) is 65.9 Å². The number of methoxy groups -OCH3 is 1. The number of hydrogen-bond acceptors (Lipinski definition) is 9. The molecular formula is C33H44N8O3. The van der Waals surface area contributed by atoms with Crippen LogP contribution in [0, 0.1) is 5.92 Å². The summed E-state index contributed by atoms with van der Waals surface area (Å²) in [5.74, 6) is 1.84. The third kappa shape index (κ3) is 7.11. The summed E-state index contributed by atoms with van der Waals surface area (Å²) >= 11 is 0. The minimum atomic E-state index is -0.405. The molecule has 11 heteroatoms. The number of piperidine rings is 1. The minimum absolute atomic E-state index is 0.0153. The molecule has 0 aliphatic carbocycles. The first-order chi connectivity index (χ1) is 21.4. The van der Waals surface area contributed by atoms with Gasteiger partial charge in [-0.1, -0.05) is 44.2 Å². The molecule has 2 aliphatic rings. The zero-order valence-corrected chi connectivity index (χ0v) is 26.2. The number of benzene rings is 2. The molecule has 2 amide bonds. The van der Waals surface area contributed by atoms with E-state index in [2.05, 4.69) is 45.0 Å². The Balaban J connectivity index is 1.29. The Morgan fingerprint density at radius 3 is 2.57 bits per heavy atom. The predicted molar refractivity (Wildman–Crippen MR) is 174 cm³/mol. The van der Waals surface area contributed by atoms with Crippen LogP contribution in [-0.2, 0) is 11.2 Å². The summed E-state index contributed by atoms with van der Waals surface area (Å²) < 4.78 is 5.64. The average molecular weight is 601 g/mol. The topological polar surface area (TPSA) is 115 Å². The van der Waals surface area contributed by atoms with Gasteiger partial charge >= 0.3 is 0 Å². The number of nitrogens with zero attached hydrogens (tertiary/aromatic N) is 5.